The fourth-order valence-electron chi connectivity index (χ4n) is 2.46. The van der Waals surface area contributed by atoms with Crippen molar-refractivity contribution >= 4 is 50.6 Å². The highest BCUT2D eigenvalue weighted by Crippen LogP contribution is 2.30. The van der Waals surface area contributed by atoms with E-state index < -0.39 is 0 Å². The van der Waals surface area contributed by atoms with Crippen molar-refractivity contribution in [2.45, 2.75) is 42.9 Å². The Hall–Kier alpha value is -1.23. The summed E-state index contributed by atoms with van der Waals surface area (Å²) in [6.07, 6.45) is 2.53. The molecule has 0 bridgehead atoms. The summed E-state index contributed by atoms with van der Waals surface area (Å²) in [6.45, 7) is 5.78. The van der Waals surface area contributed by atoms with Gasteiger partial charge in [-0.25, -0.2) is 4.98 Å². The van der Waals surface area contributed by atoms with Crippen LogP contribution >= 0.6 is 34.4 Å². The van der Waals surface area contributed by atoms with Gasteiger partial charge in [0.15, 0.2) is 9.47 Å². The Balaban J connectivity index is 1.48. The number of aromatic nitrogens is 3. The first-order valence-corrected chi connectivity index (χ1v) is 10.9. The van der Waals surface area contributed by atoms with Crippen LogP contribution < -0.4 is 10.2 Å². The molecule has 0 aliphatic carbocycles. The quantitative estimate of drug-likeness (QED) is 0.683. The van der Waals surface area contributed by atoms with Crippen LogP contribution in [0.25, 0.3) is 0 Å². The second kappa shape index (κ2) is 8.93. The maximum atomic E-state index is 11.6. The lowest BCUT2D eigenvalue weighted by atomic mass is 10.2. The van der Waals surface area contributed by atoms with Gasteiger partial charge in [-0.3, -0.25) is 9.69 Å². The number of hydrogen-bond acceptors (Lipinski definition) is 9. The first-order valence-electron chi connectivity index (χ1n) is 8.20. The number of hydrogen-bond donors (Lipinski definition) is 1. The second-order valence-electron chi connectivity index (χ2n) is 5.56. The third kappa shape index (κ3) is 5.13. The number of amides is 1. The second-order valence-corrected chi connectivity index (χ2v) is 8.60. The Kier molecular flexibility index (Phi) is 6.63. The van der Waals surface area contributed by atoms with Crippen molar-refractivity contribution in [2.24, 2.45) is 0 Å². The molecule has 2 aromatic heterocycles. The normalized spacial score (nSPS) is 17.0. The summed E-state index contributed by atoms with van der Waals surface area (Å²) in [5.74, 6) is 0.730. The van der Waals surface area contributed by atoms with Gasteiger partial charge in [-0.05, 0) is 19.8 Å². The van der Waals surface area contributed by atoms with E-state index in [9.17, 15) is 4.79 Å². The lowest BCUT2D eigenvalue weighted by molar-refractivity contribution is -0.116. The predicted octanol–water partition coefficient (Wildman–Crippen LogP) is 3.25. The molecule has 25 heavy (non-hydrogen) atoms. The van der Waals surface area contributed by atoms with Gasteiger partial charge in [0.1, 0.15) is 0 Å². The summed E-state index contributed by atoms with van der Waals surface area (Å²) in [5, 5.41) is 15.2. The third-order valence-corrected chi connectivity index (χ3v) is 6.68. The van der Waals surface area contributed by atoms with E-state index >= 15 is 0 Å². The molecule has 0 saturated carbocycles. The summed E-state index contributed by atoms with van der Waals surface area (Å²) < 4.78 is 6.49. The van der Waals surface area contributed by atoms with Crippen LogP contribution in [0.1, 0.15) is 32.4 Å². The molecule has 3 rings (SSSR count). The topological polar surface area (TPSA) is 80.2 Å². The Morgan fingerprint density at radius 2 is 2.40 bits per heavy atom. The zero-order valence-electron chi connectivity index (χ0n) is 14.2. The van der Waals surface area contributed by atoms with Crippen LogP contribution in [0.4, 0.5) is 10.3 Å². The van der Waals surface area contributed by atoms with Gasteiger partial charge in [-0.15, -0.1) is 21.5 Å². The number of nitrogens with zero attached hydrogens (tertiary/aromatic N) is 4. The van der Waals surface area contributed by atoms with Gasteiger partial charge in [0, 0.05) is 37.8 Å². The number of ether oxygens (including phenoxy) is 1. The minimum atomic E-state index is 0.0159. The van der Waals surface area contributed by atoms with Crippen LogP contribution in [0.5, 0.6) is 0 Å². The van der Waals surface area contributed by atoms with Crippen LogP contribution in [0.3, 0.4) is 0 Å². The molecule has 1 amide bonds. The van der Waals surface area contributed by atoms with Gasteiger partial charge in [0.2, 0.25) is 11.0 Å². The molecule has 1 aliphatic rings. The molecule has 2 aromatic rings. The minimum Gasteiger partial charge on any atom is -0.376 e. The highest BCUT2D eigenvalue weighted by atomic mass is 32.2. The Morgan fingerprint density at radius 3 is 3.12 bits per heavy atom. The number of nitrogens with one attached hydrogen (secondary N) is 1. The Bertz CT molecular complexity index is 699. The van der Waals surface area contributed by atoms with Crippen LogP contribution in [0, 0.1) is 0 Å². The van der Waals surface area contributed by atoms with Crippen molar-refractivity contribution in [1.29, 1.82) is 0 Å². The molecule has 1 fully saturated rings. The molecular weight excluding hydrogens is 378 g/mol. The molecule has 1 atom stereocenters. The van der Waals surface area contributed by atoms with Gasteiger partial charge in [0.25, 0.3) is 0 Å². The molecule has 1 N–H and O–H groups in total. The van der Waals surface area contributed by atoms with Gasteiger partial charge in [-0.1, -0.05) is 23.1 Å². The van der Waals surface area contributed by atoms with E-state index in [4.69, 9.17) is 4.74 Å². The van der Waals surface area contributed by atoms with Gasteiger partial charge in [0.05, 0.1) is 11.8 Å². The Morgan fingerprint density at radius 1 is 1.52 bits per heavy atom. The standard InChI is InChI=1S/C15H21N5O2S3/c1-3-20(10(2)21)14-17-11(8-23-14)9-24-15-19-18-13(25-15)16-7-12-5-4-6-22-12/h8,12H,3-7,9H2,1-2H3,(H,16,18). The van der Waals surface area contributed by atoms with Crippen molar-refractivity contribution < 1.29 is 9.53 Å². The SMILES string of the molecule is CCN(C(C)=O)c1nc(CSc2nnc(NCC3CCCO3)s2)cs1. The molecule has 1 saturated heterocycles. The summed E-state index contributed by atoms with van der Waals surface area (Å²) >= 11 is 4.65. The summed E-state index contributed by atoms with van der Waals surface area (Å²) in [6, 6.07) is 0. The van der Waals surface area contributed by atoms with E-state index in [-0.39, 0.29) is 12.0 Å². The molecule has 1 unspecified atom stereocenters. The average Bonchev–Trinajstić information content (AvgIpc) is 3.33. The van der Waals surface area contributed by atoms with Gasteiger partial charge >= 0.3 is 0 Å². The molecule has 1 aliphatic heterocycles. The van der Waals surface area contributed by atoms with Crippen molar-refractivity contribution in [2.75, 3.05) is 29.9 Å². The van der Waals surface area contributed by atoms with Crippen LogP contribution in [-0.4, -0.2) is 46.9 Å². The molecule has 0 radical (unpaired) electrons. The van der Waals surface area contributed by atoms with Crippen LogP contribution in [-0.2, 0) is 15.3 Å². The maximum Gasteiger partial charge on any atom is 0.225 e. The summed E-state index contributed by atoms with van der Waals surface area (Å²) in [4.78, 5) is 17.8. The Labute approximate surface area is 159 Å². The number of carbonyl (C=O) groups excluding carboxylic acids is 1. The zero-order valence-corrected chi connectivity index (χ0v) is 16.7. The van der Waals surface area contributed by atoms with Gasteiger partial charge < -0.3 is 10.1 Å². The zero-order chi connectivity index (χ0) is 17.6. The predicted molar refractivity (Wildman–Crippen MR) is 103 cm³/mol. The van der Waals surface area contributed by atoms with Crippen LogP contribution in [0.15, 0.2) is 9.72 Å². The van der Waals surface area contributed by atoms with E-state index in [0.29, 0.717) is 12.3 Å². The summed E-state index contributed by atoms with van der Waals surface area (Å²) in [5.41, 5.74) is 0.953. The monoisotopic (exact) mass is 399 g/mol. The smallest absolute Gasteiger partial charge is 0.225 e. The number of carbonyl (C=O) groups is 1. The largest absolute Gasteiger partial charge is 0.376 e. The molecule has 0 spiro atoms. The molecular formula is C15H21N5O2S3. The van der Waals surface area contributed by atoms with E-state index in [1.54, 1.807) is 34.9 Å². The minimum absolute atomic E-state index is 0.0159. The van der Waals surface area contributed by atoms with E-state index in [2.05, 4.69) is 20.5 Å². The van der Waals surface area contributed by atoms with E-state index in [1.165, 1.54) is 11.3 Å². The van der Waals surface area contributed by atoms with E-state index in [1.807, 2.05) is 12.3 Å². The van der Waals surface area contributed by atoms with Gasteiger partial charge in [-0.2, -0.15) is 0 Å². The van der Waals surface area contributed by atoms with Crippen molar-refractivity contribution in [3.8, 4) is 0 Å². The van der Waals surface area contributed by atoms with Crippen molar-refractivity contribution in [3.05, 3.63) is 11.1 Å². The molecule has 136 valence electrons. The maximum absolute atomic E-state index is 11.6. The molecule has 10 heteroatoms. The number of thiazole rings is 1. The van der Waals surface area contributed by atoms with Crippen LogP contribution in [0.2, 0.25) is 0 Å². The molecule has 3 heterocycles. The highest BCUT2D eigenvalue weighted by molar-refractivity contribution is 8.00. The fraction of sp³-hybridized carbons (Fsp3) is 0.600. The van der Waals surface area contributed by atoms with E-state index in [0.717, 1.165) is 46.3 Å². The lowest BCUT2D eigenvalue weighted by Gasteiger charge is -2.14. The fourth-order valence-corrected chi connectivity index (χ4v) is 5.15. The first-order chi connectivity index (χ1) is 12.2. The average molecular weight is 400 g/mol. The number of rotatable bonds is 8. The lowest BCUT2D eigenvalue weighted by Crippen LogP contribution is -2.27. The first kappa shape index (κ1) is 18.6. The third-order valence-electron chi connectivity index (χ3n) is 3.72. The molecule has 0 aromatic carbocycles. The summed E-state index contributed by atoms with van der Waals surface area (Å²) in [7, 11) is 0. The van der Waals surface area contributed by atoms with Crippen molar-refractivity contribution in [1.82, 2.24) is 15.2 Å². The number of anilines is 2. The highest BCUT2D eigenvalue weighted by Gasteiger charge is 2.16. The number of thioether (sulfide) groups is 1. The van der Waals surface area contributed by atoms with Crippen molar-refractivity contribution in [3.63, 3.8) is 0 Å². The molecule has 7 nitrogen and oxygen atoms in total.